The first kappa shape index (κ1) is 14.8. The molecule has 3 rings (SSSR count). The van der Waals surface area contributed by atoms with Crippen LogP contribution in [0, 0.1) is 0 Å². The molecule has 0 aromatic heterocycles. The van der Waals surface area contributed by atoms with E-state index in [0.717, 1.165) is 30.1 Å². The lowest BCUT2D eigenvalue weighted by atomic mass is 10.1. The van der Waals surface area contributed by atoms with Crippen molar-refractivity contribution in [2.24, 2.45) is 0 Å². The molecule has 0 fully saturated rings. The van der Waals surface area contributed by atoms with Gasteiger partial charge in [0.2, 0.25) is 0 Å². The van der Waals surface area contributed by atoms with Crippen molar-refractivity contribution >= 4 is 17.1 Å². The highest BCUT2D eigenvalue weighted by Crippen LogP contribution is 2.30. The van der Waals surface area contributed by atoms with Gasteiger partial charge < -0.3 is 15.0 Å². The zero-order chi connectivity index (χ0) is 15.7. The van der Waals surface area contributed by atoms with Crippen molar-refractivity contribution in [1.29, 1.82) is 0 Å². The SMILES string of the molecule is CN1CCc2cc(Nc3ccc(OC(C)(C)C)cc3)ccc21. The third-order valence-corrected chi connectivity index (χ3v) is 3.77. The molecule has 0 bridgehead atoms. The van der Waals surface area contributed by atoms with Gasteiger partial charge in [-0.15, -0.1) is 0 Å². The number of hydrogen-bond acceptors (Lipinski definition) is 3. The van der Waals surface area contributed by atoms with E-state index >= 15 is 0 Å². The Kier molecular flexibility index (Phi) is 3.73. The van der Waals surface area contributed by atoms with E-state index in [1.54, 1.807) is 0 Å². The second-order valence-corrected chi connectivity index (χ2v) is 6.88. The summed E-state index contributed by atoms with van der Waals surface area (Å²) < 4.78 is 5.85. The molecule has 1 aliphatic rings. The number of fused-ring (bicyclic) bond motifs is 1. The molecule has 0 aliphatic carbocycles. The Balaban J connectivity index is 1.71. The highest BCUT2D eigenvalue weighted by molar-refractivity contribution is 5.68. The molecule has 3 heteroatoms. The number of hydrogen-bond donors (Lipinski definition) is 1. The molecule has 0 unspecified atom stereocenters. The molecule has 1 aliphatic heterocycles. The van der Waals surface area contributed by atoms with Crippen molar-refractivity contribution in [3.05, 3.63) is 48.0 Å². The molecule has 0 spiro atoms. The number of likely N-dealkylation sites (N-methyl/N-ethyl adjacent to an activating group) is 1. The van der Waals surface area contributed by atoms with Crippen molar-refractivity contribution in [3.8, 4) is 5.75 Å². The maximum Gasteiger partial charge on any atom is 0.120 e. The summed E-state index contributed by atoms with van der Waals surface area (Å²) in [5.74, 6) is 0.897. The smallest absolute Gasteiger partial charge is 0.120 e. The van der Waals surface area contributed by atoms with E-state index in [9.17, 15) is 0 Å². The fourth-order valence-electron chi connectivity index (χ4n) is 2.77. The molecule has 0 saturated heterocycles. The molecular formula is C19H24N2O. The van der Waals surface area contributed by atoms with Gasteiger partial charge in [-0.1, -0.05) is 0 Å². The molecule has 0 saturated carbocycles. The Morgan fingerprint density at radius 2 is 1.68 bits per heavy atom. The number of nitrogens with one attached hydrogen (secondary N) is 1. The molecule has 1 N–H and O–H groups in total. The standard InChI is InChI=1S/C19H24N2O/c1-19(2,3)22-17-8-5-15(6-9-17)20-16-7-10-18-14(13-16)11-12-21(18)4/h5-10,13,20H,11-12H2,1-4H3. The number of benzene rings is 2. The van der Waals surface area contributed by atoms with Crippen LogP contribution in [-0.2, 0) is 6.42 Å². The number of rotatable bonds is 3. The Hall–Kier alpha value is -2.16. The number of ether oxygens (including phenoxy) is 1. The van der Waals surface area contributed by atoms with Crippen LogP contribution in [-0.4, -0.2) is 19.2 Å². The Labute approximate surface area is 132 Å². The quantitative estimate of drug-likeness (QED) is 0.896. The molecule has 3 nitrogen and oxygen atoms in total. The van der Waals surface area contributed by atoms with Crippen molar-refractivity contribution < 1.29 is 4.74 Å². The van der Waals surface area contributed by atoms with Crippen molar-refractivity contribution in [1.82, 2.24) is 0 Å². The van der Waals surface area contributed by atoms with Gasteiger partial charge in [-0.3, -0.25) is 0 Å². The summed E-state index contributed by atoms with van der Waals surface area (Å²) in [6.07, 6.45) is 1.12. The minimum absolute atomic E-state index is 0.166. The highest BCUT2D eigenvalue weighted by Gasteiger charge is 2.15. The molecule has 1 heterocycles. The van der Waals surface area contributed by atoms with Crippen LogP contribution in [0.2, 0.25) is 0 Å². The predicted octanol–water partition coefficient (Wildman–Crippen LogP) is 4.60. The van der Waals surface area contributed by atoms with Gasteiger partial charge in [0.15, 0.2) is 0 Å². The summed E-state index contributed by atoms with van der Waals surface area (Å²) in [5.41, 5.74) is 4.81. The molecule has 22 heavy (non-hydrogen) atoms. The lowest BCUT2D eigenvalue weighted by Gasteiger charge is -2.21. The normalized spacial score (nSPS) is 13.9. The van der Waals surface area contributed by atoms with Gasteiger partial charge in [-0.2, -0.15) is 0 Å². The second kappa shape index (κ2) is 5.56. The number of nitrogens with zero attached hydrogens (tertiary/aromatic N) is 1. The summed E-state index contributed by atoms with van der Waals surface area (Å²) >= 11 is 0. The van der Waals surface area contributed by atoms with Crippen molar-refractivity contribution in [2.45, 2.75) is 32.8 Å². The predicted molar refractivity (Wildman–Crippen MR) is 93.5 cm³/mol. The Morgan fingerprint density at radius 3 is 2.36 bits per heavy atom. The van der Waals surface area contributed by atoms with Gasteiger partial charge in [-0.25, -0.2) is 0 Å². The summed E-state index contributed by atoms with van der Waals surface area (Å²) in [4.78, 5) is 2.30. The molecule has 0 radical (unpaired) electrons. The summed E-state index contributed by atoms with van der Waals surface area (Å²) in [6.45, 7) is 7.28. The van der Waals surface area contributed by atoms with Crippen LogP contribution in [0.1, 0.15) is 26.3 Å². The van der Waals surface area contributed by atoms with E-state index in [0.29, 0.717) is 0 Å². The zero-order valence-electron chi connectivity index (χ0n) is 13.8. The lowest BCUT2D eigenvalue weighted by Crippen LogP contribution is -2.22. The average Bonchev–Trinajstić information content (AvgIpc) is 2.81. The molecule has 116 valence electrons. The summed E-state index contributed by atoms with van der Waals surface area (Å²) in [7, 11) is 2.15. The van der Waals surface area contributed by atoms with E-state index < -0.39 is 0 Å². The van der Waals surface area contributed by atoms with Gasteiger partial charge >= 0.3 is 0 Å². The van der Waals surface area contributed by atoms with E-state index in [-0.39, 0.29) is 5.60 Å². The van der Waals surface area contributed by atoms with Crippen LogP contribution in [0.5, 0.6) is 5.75 Å². The monoisotopic (exact) mass is 296 g/mol. The van der Waals surface area contributed by atoms with Crippen LogP contribution in [0.4, 0.5) is 17.1 Å². The minimum Gasteiger partial charge on any atom is -0.488 e. The van der Waals surface area contributed by atoms with Crippen molar-refractivity contribution in [3.63, 3.8) is 0 Å². The first-order valence-corrected chi connectivity index (χ1v) is 7.81. The molecule has 2 aromatic carbocycles. The van der Waals surface area contributed by atoms with Gasteiger partial charge in [0, 0.05) is 30.7 Å². The first-order valence-electron chi connectivity index (χ1n) is 7.81. The van der Waals surface area contributed by atoms with Gasteiger partial charge in [0.1, 0.15) is 11.4 Å². The zero-order valence-corrected chi connectivity index (χ0v) is 13.8. The van der Waals surface area contributed by atoms with Gasteiger partial charge in [0.25, 0.3) is 0 Å². The topological polar surface area (TPSA) is 24.5 Å². The van der Waals surface area contributed by atoms with E-state index in [2.05, 4.69) is 68.4 Å². The molecule has 0 atom stereocenters. The van der Waals surface area contributed by atoms with E-state index in [4.69, 9.17) is 4.74 Å². The van der Waals surface area contributed by atoms with Gasteiger partial charge in [-0.05, 0) is 75.2 Å². The molecular weight excluding hydrogens is 272 g/mol. The highest BCUT2D eigenvalue weighted by atomic mass is 16.5. The summed E-state index contributed by atoms with van der Waals surface area (Å²) in [6, 6.07) is 14.7. The second-order valence-electron chi connectivity index (χ2n) is 6.88. The summed E-state index contributed by atoms with van der Waals surface area (Å²) in [5, 5.41) is 3.46. The van der Waals surface area contributed by atoms with Crippen LogP contribution in [0.25, 0.3) is 0 Å². The molecule has 2 aromatic rings. The van der Waals surface area contributed by atoms with Crippen LogP contribution >= 0.6 is 0 Å². The minimum atomic E-state index is -0.166. The maximum atomic E-state index is 5.85. The van der Waals surface area contributed by atoms with Crippen LogP contribution in [0.15, 0.2) is 42.5 Å². The van der Waals surface area contributed by atoms with E-state index in [1.165, 1.54) is 11.3 Å². The first-order chi connectivity index (χ1) is 10.4. The average molecular weight is 296 g/mol. The fourth-order valence-corrected chi connectivity index (χ4v) is 2.77. The van der Waals surface area contributed by atoms with Crippen LogP contribution in [0.3, 0.4) is 0 Å². The Bertz CT molecular complexity index is 656. The van der Waals surface area contributed by atoms with Crippen molar-refractivity contribution in [2.75, 3.05) is 23.8 Å². The number of anilines is 3. The largest absolute Gasteiger partial charge is 0.488 e. The third kappa shape index (κ3) is 3.35. The Morgan fingerprint density at radius 1 is 1.00 bits per heavy atom. The third-order valence-electron chi connectivity index (χ3n) is 3.77. The fraction of sp³-hybridized carbons (Fsp3) is 0.368. The van der Waals surface area contributed by atoms with Gasteiger partial charge in [0.05, 0.1) is 0 Å². The lowest BCUT2D eigenvalue weighted by molar-refractivity contribution is 0.131. The van der Waals surface area contributed by atoms with Crippen LogP contribution < -0.4 is 15.0 Å². The maximum absolute atomic E-state index is 5.85. The molecule has 0 amide bonds. The van der Waals surface area contributed by atoms with E-state index in [1.807, 2.05) is 12.1 Å².